The normalized spacial score (nSPS) is 17.0. The Kier molecular flexibility index (Phi) is 5.80. The van der Waals surface area contributed by atoms with Gasteiger partial charge >= 0.3 is 12.0 Å². The number of nitrogens with one attached hydrogen (secondary N) is 2. The number of carboxylic acids is 1. The molecule has 0 aromatic heterocycles. The first-order valence-corrected chi connectivity index (χ1v) is 6.34. The smallest absolute Gasteiger partial charge is 0.314 e. The third-order valence-corrected chi connectivity index (χ3v) is 3.35. The zero-order valence-electron chi connectivity index (χ0n) is 10.4. The molecule has 1 aliphatic carbocycles. The fraction of sp³-hybridized carbons (Fsp3) is 0.833. The molecule has 3 N–H and O–H groups in total. The van der Waals surface area contributed by atoms with Crippen LogP contribution in [0.15, 0.2) is 0 Å². The van der Waals surface area contributed by atoms with Crippen LogP contribution in [0, 0.1) is 11.8 Å². The molecule has 0 spiro atoms. The molecule has 0 aliphatic heterocycles. The molecule has 0 bridgehead atoms. The molecule has 0 aromatic rings. The highest BCUT2D eigenvalue weighted by molar-refractivity contribution is 5.74. The molecule has 0 heterocycles. The zero-order valence-corrected chi connectivity index (χ0v) is 10.4. The molecule has 1 unspecified atom stereocenters. The topological polar surface area (TPSA) is 78.4 Å². The SMILES string of the molecule is CC(CCNC(=O)NCCC1CCC1)C(=O)O. The van der Waals surface area contributed by atoms with Gasteiger partial charge in [0, 0.05) is 13.1 Å². The van der Waals surface area contributed by atoms with Gasteiger partial charge in [0.2, 0.25) is 0 Å². The van der Waals surface area contributed by atoms with Gasteiger partial charge in [0.25, 0.3) is 0 Å². The van der Waals surface area contributed by atoms with Gasteiger partial charge in [0.15, 0.2) is 0 Å². The Morgan fingerprint density at radius 2 is 1.94 bits per heavy atom. The van der Waals surface area contributed by atoms with Crippen LogP contribution < -0.4 is 10.6 Å². The second-order valence-electron chi connectivity index (χ2n) is 4.80. The molecule has 0 saturated heterocycles. The molecule has 17 heavy (non-hydrogen) atoms. The van der Waals surface area contributed by atoms with Gasteiger partial charge in [-0.15, -0.1) is 0 Å². The van der Waals surface area contributed by atoms with E-state index >= 15 is 0 Å². The average Bonchev–Trinajstić information content (AvgIpc) is 2.21. The minimum atomic E-state index is -0.822. The standard InChI is InChI=1S/C12H22N2O3/c1-9(11(15)16)5-7-13-12(17)14-8-6-10-3-2-4-10/h9-10H,2-8H2,1H3,(H,15,16)(H2,13,14,17). The molecule has 1 fully saturated rings. The molecule has 1 atom stereocenters. The molecule has 1 rings (SSSR count). The van der Waals surface area contributed by atoms with Crippen LogP contribution in [0.1, 0.15) is 39.0 Å². The van der Waals surface area contributed by atoms with Gasteiger partial charge in [-0.1, -0.05) is 26.2 Å². The summed E-state index contributed by atoms with van der Waals surface area (Å²) in [6, 6.07) is -0.193. The highest BCUT2D eigenvalue weighted by Crippen LogP contribution is 2.28. The highest BCUT2D eigenvalue weighted by Gasteiger charge is 2.16. The molecule has 0 aromatic carbocycles. The number of hydrogen-bond acceptors (Lipinski definition) is 2. The first-order chi connectivity index (χ1) is 8.09. The van der Waals surface area contributed by atoms with Crippen LogP contribution in [-0.2, 0) is 4.79 Å². The van der Waals surface area contributed by atoms with E-state index in [-0.39, 0.29) is 6.03 Å². The Labute approximate surface area is 102 Å². The van der Waals surface area contributed by atoms with Crippen LogP contribution in [0.25, 0.3) is 0 Å². The van der Waals surface area contributed by atoms with Gasteiger partial charge in [0.1, 0.15) is 0 Å². The predicted octanol–water partition coefficient (Wildman–Crippen LogP) is 1.59. The second kappa shape index (κ2) is 7.14. The summed E-state index contributed by atoms with van der Waals surface area (Å²) in [5.41, 5.74) is 0. The molecule has 2 amide bonds. The summed E-state index contributed by atoms with van der Waals surface area (Å²) in [6.07, 6.45) is 5.42. The highest BCUT2D eigenvalue weighted by atomic mass is 16.4. The quantitative estimate of drug-likeness (QED) is 0.634. The van der Waals surface area contributed by atoms with Gasteiger partial charge in [0.05, 0.1) is 5.92 Å². The summed E-state index contributed by atoms with van der Waals surface area (Å²) in [5, 5.41) is 14.1. The largest absolute Gasteiger partial charge is 0.481 e. The maximum Gasteiger partial charge on any atom is 0.314 e. The average molecular weight is 242 g/mol. The third kappa shape index (κ3) is 5.56. The van der Waals surface area contributed by atoms with Crippen molar-refractivity contribution in [3.05, 3.63) is 0 Å². The fourth-order valence-corrected chi connectivity index (χ4v) is 1.76. The monoisotopic (exact) mass is 242 g/mol. The number of amides is 2. The van der Waals surface area contributed by atoms with E-state index in [4.69, 9.17) is 5.11 Å². The van der Waals surface area contributed by atoms with E-state index in [2.05, 4.69) is 10.6 Å². The maximum absolute atomic E-state index is 11.3. The Balaban J connectivity index is 1.95. The van der Waals surface area contributed by atoms with Crippen molar-refractivity contribution in [2.45, 2.75) is 39.0 Å². The Bertz CT molecular complexity index is 264. The summed E-state index contributed by atoms with van der Waals surface area (Å²) in [4.78, 5) is 21.8. The summed E-state index contributed by atoms with van der Waals surface area (Å²) >= 11 is 0. The lowest BCUT2D eigenvalue weighted by Gasteiger charge is -2.25. The number of urea groups is 1. The van der Waals surface area contributed by atoms with Crippen molar-refractivity contribution in [2.24, 2.45) is 11.8 Å². The van der Waals surface area contributed by atoms with Gasteiger partial charge in [-0.2, -0.15) is 0 Å². The van der Waals surface area contributed by atoms with Crippen molar-refractivity contribution < 1.29 is 14.7 Å². The summed E-state index contributed by atoms with van der Waals surface area (Å²) < 4.78 is 0. The zero-order chi connectivity index (χ0) is 12.7. The fourth-order valence-electron chi connectivity index (χ4n) is 1.76. The molecule has 1 aliphatic rings. The van der Waals surface area contributed by atoms with E-state index in [1.807, 2.05) is 0 Å². The van der Waals surface area contributed by atoms with Crippen molar-refractivity contribution in [1.82, 2.24) is 10.6 Å². The lowest BCUT2D eigenvalue weighted by Crippen LogP contribution is -2.38. The summed E-state index contributed by atoms with van der Waals surface area (Å²) in [6.45, 7) is 2.76. The van der Waals surface area contributed by atoms with Crippen molar-refractivity contribution >= 4 is 12.0 Å². The Morgan fingerprint density at radius 3 is 2.47 bits per heavy atom. The van der Waals surface area contributed by atoms with Gasteiger partial charge in [-0.25, -0.2) is 4.79 Å². The first kappa shape index (κ1) is 13.8. The molecular weight excluding hydrogens is 220 g/mol. The van der Waals surface area contributed by atoms with Gasteiger partial charge in [-0.3, -0.25) is 4.79 Å². The van der Waals surface area contributed by atoms with E-state index < -0.39 is 11.9 Å². The number of aliphatic carboxylic acids is 1. The molecule has 1 saturated carbocycles. The van der Waals surface area contributed by atoms with Crippen LogP contribution in [0.3, 0.4) is 0 Å². The minimum Gasteiger partial charge on any atom is -0.481 e. The molecule has 98 valence electrons. The Morgan fingerprint density at radius 1 is 1.29 bits per heavy atom. The van der Waals surface area contributed by atoms with Crippen LogP contribution >= 0.6 is 0 Å². The van der Waals surface area contributed by atoms with E-state index in [0.29, 0.717) is 19.5 Å². The Hall–Kier alpha value is -1.26. The second-order valence-corrected chi connectivity index (χ2v) is 4.80. The van der Waals surface area contributed by atoms with Crippen LogP contribution in [0.2, 0.25) is 0 Å². The minimum absolute atomic E-state index is 0.193. The number of hydrogen-bond donors (Lipinski definition) is 3. The summed E-state index contributed by atoms with van der Waals surface area (Å²) in [7, 11) is 0. The van der Waals surface area contributed by atoms with E-state index in [0.717, 1.165) is 12.3 Å². The van der Waals surface area contributed by atoms with Crippen molar-refractivity contribution in [3.8, 4) is 0 Å². The first-order valence-electron chi connectivity index (χ1n) is 6.34. The molecule has 0 radical (unpaired) electrons. The van der Waals surface area contributed by atoms with Crippen molar-refractivity contribution in [1.29, 1.82) is 0 Å². The number of carboxylic acid groups (broad SMARTS) is 1. The van der Waals surface area contributed by atoms with Gasteiger partial charge in [-0.05, 0) is 18.8 Å². The predicted molar refractivity (Wildman–Crippen MR) is 64.8 cm³/mol. The third-order valence-electron chi connectivity index (χ3n) is 3.35. The van der Waals surface area contributed by atoms with E-state index in [1.54, 1.807) is 6.92 Å². The van der Waals surface area contributed by atoms with Crippen LogP contribution in [-0.4, -0.2) is 30.2 Å². The summed E-state index contributed by atoms with van der Waals surface area (Å²) in [5.74, 6) is -0.440. The van der Waals surface area contributed by atoms with Crippen molar-refractivity contribution in [2.75, 3.05) is 13.1 Å². The van der Waals surface area contributed by atoms with Crippen LogP contribution in [0.5, 0.6) is 0 Å². The van der Waals surface area contributed by atoms with Crippen LogP contribution in [0.4, 0.5) is 4.79 Å². The molecule has 5 heteroatoms. The lowest BCUT2D eigenvalue weighted by atomic mass is 9.83. The number of rotatable bonds is 7. The molecular formula is C12H22N2O3. The number of carbonyl (C=O) groups is 2. The van der Waals surface area contributed by atoms with E-state index in [1.165, 1.54) is 19.3 Å². The lowest BCUT2D eigenvalue weighted by molar-refractivity contribution is -0.141. The molecule has 5 nitrogen and oxygen atoms in total. The van der Waals surface area contributed by atoms with E-state index in [9.17, 15) is 9.59 Å². The van der Waals surface area contributed by atoms with Gasteiger partial charge < -0.3 is 15.7 Å². The van der Waals surface area contributed by atoms with Crippen molar-refractivity contribution in [3.63, 3.8) is 0 Å². The number of carbonyl (C=O) groups excluding carboxylic acids is 1. The maximum atomic E-state index is 11.3.